The van der Waals surface area contributed by atoms with E-state index >= 15 is 0 Å². The summed E-state index contributed by atoms with van der Waals surface area (Å²) in [6.07, 6.45) is 2.77. The van der Waals surface area contributed by atoms with Crippen LogP contribution < -0.4 is 5.32 Å². The van der Waals surface area contributed by atoms with Crippen LogP contribution in [0, 0.1) is 18.8 Å². The predicted molar refractivity (Wildman–Crippen MR) is 99.6 cm³/mol. The maximum Gasteiger partial charge on any atom is 0.225 e. The van der Waals surface area contributed by atoms with Crippen LogP contribution in [0.25, 0.3) is 0 Å². The second kappa shape index (κ2) is 7.75. The number of hydrogen-bond donors (Lipinski definition) is 1. The number of piperazine rings is 1. The van der Waals surface area contributed by atoms with Crippen LogP contribution in [-0.4, -0.2) is 48.3 Å². The molecule has 1 aliphatic carbocycles. The van der Waals surface area contributed by atoms with Gasteiger partial charge in [0.05, 0.1) is 0 Å². The highest BCUT2D eigenvalue weighted by Gasteiger charge is 2.35. The molecular formula is C19H26ClN3O2. The van der Waals surface area contributed by atoms with Gasteiger partial charge in [0, 0.05) is 49.4 Å². The normalized spacial score (nSPS) is 23.9. The van der Waals surface area contributed by atoms with Crippen LogP contribution in [0.2, 0.25) is 5.02 Å². The molecule has 2 amide bonds. The van der Waals surface area contributed by atoms with Crippen molar-refractivity contribution >= 4 is 29.6 Å². The summed E-state index contributed by atoms with van der Waals surface area (Å²) in [5, 5.41) is 3.33. The Morgan fingerprint density at radius 2 is 1.96 bits per heavy atom. The van der Waals surface area contributed by atoms with E-state index in [-0.39, 0.29) is 5.92 Å². The fourth-order valence-corrected chi connectivity index (χ4v) is 4.08. The van der Waals surface area contributed by atoms with Gasteiger partial charge in [-0.2, -0.15) is 0 Å². The van der Waals surface area contributed by atoms with Gasteiger partial charge in [0.25, 0.3) is 0 Å². The van der Waals surface area contributed by atoms with Crippen LogP contribution in [0.5, 0.6) is 0 Å². The van der Waals surface area contributed by atoms with Crippen molar-refractivity contribution in [3.05, 3.63) is 28.3 Å². The highest BCUT2D eigenvalue weighted by Crippen LogP contribution is 2.34. The minimum absolute atomic E-state index is 0.258. The molecule has 0 aromatic heterocycles. The molecule has 1 heterocycles. The molecule has 1 saturated carbocycles. The first-order chi connectivity index (χ1) is 12.0. The Balaban J connectivity index is 1.57. The van der Waals surface area contributed by atoms with Gasteiger partial charge in [-0.25, -0.2) is 0 Å². The Kier molecular flexibility index (Phi) is 5.64. The summed E-state index contributed by atoms with van der Waals surface area (Å²) in [6.45, 7) is 8.32. The molecule has 1 saturated heterocycles. The summed E-state index contributed by atoms with van der Waals surface area (Å²) in [5.41, 5.74) is 2.91. The topological polar surface area (TPSA) is 52.6 Å². The van der Waals surface area contributed by atoms with Crippen molar-refractivity contribution < 1.29 is 9.59 Å². The summed E-state index contributed by atoms with van der Waals surface area (Å²) >= 11 is 6.18. The predicted octanol–water partition coefficient (Wildman–Crippen LogP) is 2.91. The fraction of sp³-hybridized carbons (Fsp3) is 0.579. The lowest BCUT2D eigenvalue weighted by atomic mass is 9.75. The molecule has 0 unspecified atom stereocenters. The molecule has 25 heavy (non-hydrogen) atoms. The van der Waals surface area contributed by atoms with Crippen LogP contribution in [-0.2, 0) is 16.1 Å². The third kappa shape index (κ3) is 4.15. The van der Waals surface area contributed by atoms with E-state index in [1.807, 2.05) is 17.9 Å². The van der Waals surface area contributed by atoms with E-state index in [0.29, 0.717) is 23.3 Å². The summed E-state index contributed by atoms with van der Waals surface area (Å²) < 4.78 is 0. The van der Waals surface area contributed by atoms with E-state index in [1.165, 1.54) is 0 Å². The van der Waals surface area contributed by atoms with E-state index in [0.717, 1.165) is 62.4 Å². The Morgan fingerprint density at radius 1 is 1.28 bits per heavy atom. The number of anilines is 1. The summed E-state index contributed by atoms with van der Waals surface area (Å²) in [5.74, 6) is 1.30. The molecule has 1 aromatic rings. The molecule has 3 rings (SSSR count). The molecule has 0 radical (unpaired) electrons. The molecule has 136 valence electrons. The quantitative estimate of drug-likeness (QED) is 0.818. The van der Waals surface area contributed by atoms with Gasteiger partial charge in [0.15, 0.2) is 0 Å². The number of amides is 2. The zero-order valence-corrected chi connectivity index (χ0v) is 15.7. The number of carbonyl (C=O) groups excluding carboxylic acids is 2. The first-order valence-electron chi connectivity index (χ1n) is 8.98. The number of hydrogen-bond acceptors (Lipinski definition) is 3. The molecule has 0 spiro atoms. The molecule has 6 heteroatoms. The van der Waals surface area contributed by atoms with E-state index in [4.69, 9.17) is 11.6 Å². The SMILES string of the molecule is Cc1c(CN2CCN(C(=O)C3CC(C)C3)CC2)cc(Cl)cc1NC=O. The molecule has 2 aliphatic rings. The zero-order valence-electron chi connectivity index (χ0n) is 14.9. The molecule has 1 N–H and O–H groups in total. The second-order valence-corrected chi connectivity index (χ2v) is 7.81. The van der Waals surface area contributed by atoms with Crippen molar-refractivity contribution in [1.82, 2.24) is 9.80 Å². The van der Waals surface area contributed by atoms with Crippen molar-refractivity contribution in [2.75, 3.05) is 31.5 Å². The maximum atomic E-state index is 12.5. The van der Waals surface area contributed by atoms with E-state index in [9.17, 15) is 9.59 Å². The summed E-state index contributed by atoms with van der Waals surface area (Å²) in [6, 6.07) is 3.73. The van der Waals surface area contributed by atoms with E-state index < -0.39 is 0 Å². The average Bonchev–Trinajstić information content (AvgIpc) is 2.56. The van der Waals surface area contributed by atoms with Crippen molar-refractivity contribution in [2.24, 2.45) is 11.8 Å². The third-order valence-corrected chi connectivity index (χ3v) is 5.71. The minimum atomic E-state index is 0.258. The van der Waals surface area contributed by atoms with Gasteiger partial charge in [0.1, 0.15) is 0 Å². The smallest absolute Gasteiger partial charge is 0.225 e. The largest absolute Gasteiger partial charge is 0.340 e. The lowest BCUT2D eigenvalue weighted by Crippen LogP contribution is -2.51. The number of carbonyl (C=O) groups is 2. The fourth-order valence-electron chi connectivity index (χ4n) is 3.84. The number of rotatable bonds is 5. The molecule has 0 bridgehead atoms. The van der Waals surface area contributed by atoms with Crippen molar-refractivity contribution in [3.63, 3.8) is 0 Å². The number of halogens is 1. The van der Waals surface area contributed by atoms with Crippen LogP contribution in [0.4, 0.5) is 5.69 Å². The Hall–Kier alpha value is -1.59. The van der Waals surface area contributed by atoms with Crippen LogP contribution in [0.3, 0.4) is 0 Å². The Labute approximate surface area is 154 Å². The van der Waals surface area contributed by atoms with Crippen LogP contribution in [0.15, 0.2) is 12.1 Å². The highest BCUT2D eigenvalue weighted by atomic mass is 35.5. The summed E-state index contributed by atoms with van der Waals surface area (Å²) in [7, 11) is 0. The molecule has 5 nitrogen and oxygen atoms in total. The van der Waals surface area contributed by atoms with Gasteiger partial charge >= 0.3 is 0 Å². The van der Waals surface area contributed by atoms with Crippen LogP contribution >= 0.6 is 11.6 Å². The van der Waals surface area contributed by atoms with E-state index in [2.05, 4.69) is 17.1 Å². The van der Waals surface area contributed by atoms with Crippen molar-refractivity contribution in [3.8, 4) is 0 Å². The lowest BCUT2D eigenvalue weighted by Gasteiger charge is -2.40. The van der Waals surface area contributed by atoms with Gasteiger partial charge in [-0.1, -0.05) is 18.5 Å². The maximum absolute atomic E-state index is 12.5. The third-order valence-electron chi connectivity index (χ3n) is 5.50. The minimum Gasteiger partial charge on any atom is -0.340 e. The van der Waals surface area contributed by atoms with Gasteiger partial charge in [-0.05, 0) is 48.9 Å². The molecule has 0 atom stereocenters. The lowest BCUT2D eigenvalue weighted by molar-refractivity contribution is -0.141. The second-order valence-electron chi connectivity index (χ2n) is 7.37. The average molecular weight is 364 g/mol. The number of nitrogens with zero attached hydrogens (tertiary/aromatic N) is 2. The van der Waals surface area contributed by atoms with Crippen molar-refractivity contribution in [1.29, 1.82) is 0 Å². The van der Waals surface area contributed by atoms with Gasteiger partial charge in [-0.3, -0.25) is 14.5 Å². The molecule has 1 aliphatic heterocycles. The van der Waals surface area contributed by atoms with E-state index in [1.54, 1.807) is 6.07 Å². The van der Waals surface area contributed by atoms with Gasteiger partial charge in [-0.15, -0.1) is 0 Å². The first-order valence-corrected chi connectivity index (χ1v) is 9.36. The molecule has 1 aromatic carbocycles. The summed E-state index contributed by atoms with van der Waals surface area (Å²) in [4.78, 5) is 27.6. The van der Waals surface area contributed by atoms with Gasteiger partial charge in [0.2, 0.25) is 12.3 Å². The Bertz CT molecular complexity index is 650. The standard InChI is InChI=1S/C19H26ClN3O2/c1-13-7-15(8-13)19(25)23-5-3-22(4-6-23)11-16-9-17(20)10-18(14(16)2)21-12-24/h9-10,12-13,15H,3-8,11H2,1-2H3,(H,21,24). The van der Waals surface area contributed by atoms with Gasteiger partial charge < -0.3 is 10.2 Å². The Morgan fingerprint density at radius 3 is 2.56 bits per heavy atom. The number of nitrogens with one attached hydrogen (secondary N) is 1. The molecular weight excluding hydrogens is 338 g/mol. The number of benzene rings is 1. The molecule has 2 fully saturated rings. The monoisotopic (exact) mass is 363 g/mol. The van der Waals surface area contributed by atoms with Crippen LogP contribution in [0.1, 0.15) is 30.9 Å². The highest BCUT2D eigenvalue weighted by molar-refractivity contribution is 6.31. The zero-order chi connectivity index (χ0) is 18.0. The van der Waals surface area contributed by atoms with Crippen molar-refractivity contribution in [2.45, 2.75) is 33.2 Å². The first kappa shape index (κ1) is 18.2.